The number of alkyl halides is 2. The molecule has 0 unspecified atom stereocenters. The van der Waals surface area contributed by atoms with Crippen molar-refractivity contribution in [1.29, 1.82) is 0 Å². The minimum atomic E-state index is -1.47. The van der Waals surface area contributed by atoms with Gasteiger partial charge in [0.1, 0.15) is 0 Å². The van der Waals surface area contributed by atoms with Gasteiger partial charge in [-0.25, -0.2) is 9.59 Å². The highest BCUT2D eigenvalue weighted by molar-refractivity contribution is 9.12. The van der Waals surface area contributed by atoms with Gasteiger partial charge in [-0.15, -0.1) is 0 Å². The van der Waals surface area contributed by atoms with Gasteiger partial charge in [0.2, 0.25) is 4.32 Å². The van der Waals surface area contributed by atoms with E-state index in [4.69, 9.17) is 9.47 Å². The Morgan fingerprint density at radius 3 is 1.56 bits per heavy atom. The van der Waals surface area contributed by atoms with Crippen LogP contribution >= 0.6 is 31.9 Å². The van der Waals surface area contributed by atoms with Crippen molar-refractivity contribution in [1.82, 2.24) is 0 Å². The Morgan fingerprint density at radius 2 is 1.38 bits per heavy atom. The van der Waals surface area contributed by atoms with Crippen LogP contribution in [0.1, 0.15) is 27.7 Å². The maximum atomic E-state index is 11.7. The summed E-state index contributed by atoms with van der Waals surface area (Å²) in [5.74, 6) is -1.30. The van der Waals surface area contributed by atoms with E-state index in [-0.39, 0.29) is 17.5 Å². The van der Waals surface area contributed by atoms with Crippen LogP contribution in [0.3, 0.4) is 0 Å². The van der Waals surface area contributed by atoms with E-state index >= 15 is 0 Å². The van der Waals surface area contributed by atoms with Crippen molar-refractivity contribution in [3.05, 3.63) is 0 Å². The highest BCUT2D eigenvalue weighted by atomic mass is 79.9. The third-order valence-electron chi connectivity index (χ3n) is 1.52. The van der Waals surface area contributed by atoms with Crippen LogP contribution in [-0.2, 0) is 19.1 Å². The molecular weight excluding hydrogens is 344 g/mol. The lowest BCUT2D eigenvalue weighted by molar-refractivity contribution is -0.161. The molecule has 0 aliphatic carbocycles. The van der Waals surface area contributed by atoms with Gasteiger partial charge in [0, 0.05) is 5.33 Å². The lowest BCUT2D eigenvalue weighted by Crippen LogP contribution is -2.46. The molecule has 0 radical (unpaired) electrons. The first-order chi connectivity index (χ1) is 7.24. The molecule has 0 aromatic heterocycles. The first-order valence-electron chi connectivity index (χ1n) is 4.91. The molecule has 0 aromatic carbocycles. The fraction of sp³-hybridized carbons (Fsp3) is 0.800. The average Bonchev–Trinajstić information content (AvgIpc) is 2.14. The van der Waals surface area contributed by atoms with Crippen molar-refractivity contribution in [2.75, 3.05) is 5.33 Å². The summed E-state index contributed by atoms with van der Waals surface area (Å²) < 4.78 is 8.51. The van der Waals surface area contributed by atoms with Crippen molar-refractivity contribution >= 4 is 43.8 Å². The van der Waals surface area contributed by atoms with Crippen LogP contribution in [0.15, 0.2) is 0 Å². The Balaban J connectivity index is 4.76. The smallest absolute Gasteiger partial charge is 0.335 e. The maximum Gasteiger partial charge on any atom is 0.335 e. The topological polar surface area (TPSA) is 52.6 Å². The third kappa shape index (κ3) is 4.41. The maximum absolute atomic E-state index is 11.7. The summed E-state index contributed by atoms with van der Waals surface area (Å²) in [7, 11) is 0. The number of esters is 2. The Kier molecular flexibility index (Phi) is 6.55. The van der Waals surface area contributed by atoms with Crippen LogP contribution in [0.2, 0.25) is 0 Å². The largest absolute Gasteiger partial charge is 0.461 e. The van der Waals surface area contributed by atoms with E-state index < -0.39 is 16.3 Å². The summed E-state index contributed by atoms with van der Waals surface area (Å²) in [6.07, 6.45) is -0.564. The zero-order valence-electron chi connectivity index (χ0n) is 9.75. The Morgan fingerprint density at radius 1 is 1.06 bits per heavy atom. The number of carbonyl (C=O) groups excluding carboxylic acids is 2. The van der Waals surface area contributed by atoms with Gasteiger partial charge in [-0.3, -0.25) is 0 Å². The van der Waals surface area contributed by atoms with E-state index in [0.29, 0.717) is 0 Å². The molecule has 0 bridgehead atoms. The van der Waals surface area contributed by atoms with Crippen LogP contribution in [0.4, 0.5) is 0 Å². The van der Waals surface area contributed by atoms with Crippen LogP contribution in [-0.4, -0.2) is 33.8 Å². The van der Waals surface area contributed by atoms with Crippen molar-refractivity contribution in [2.24, 2.45) is 0 Å². The van der Waals surface area contributed by atoms with Crippen molar-refractivity contribution in [2.45, 2.75) is 44.2 Å². The number of hydrogen-bond donors (Lipinski definition) is 0. The standard InChI is InChI=1S/C10H16Br2O4/c1-6(2)15-8(13)10(12,5-11)9(14)16-7(3)4/h6-7H,5H2,1-4H3. The zero-order chi connectivity index (χ0) is 12.9. The molecule has 0 spiro atoms. The molecule has 0 atom stereocenters. The quantitative estimate of drug-likeness (QED) is 0.429. The lowest BCUT2D eigenvalue weighted by Gasteiger charge is -2.23. The molecule has 16 heavy (non-hydrogen) atoms. The van der Waals surface area contributed by atoms with E-state index in [1.54, 1.807) is 27.7 Å². The number of carbonyl (C=O) groups is 2. The third-order valence-corrected chi connectivity index (χ3v) is 4.04. The first-order valence-corrected chi connectivity index (χ1v) is 6.82. The van der Waals surface area contributed by atoms with Gasteiger partial charge in [0.05, 0.1) is 12.2 Å². The van der Waals surface area contributed by atoms with Gasteiger partial charge in [0.15, 0.2) is 0 Å². The van der Waals surface area contributed by atoms with Gasteiger partial charge < -0.3 is 9.47 Å². The monoisotopic (exact) mass is 358 g/mol. The molecule has 0 fully saturated rings. The Hall–Kier alpha value is -0.100. The second-order valence-electron chi connectivity index (χ2n) is 3.84. The van der Waals surface area contributed by atoms with Crippen molar-refractivity contribution in [3.8, 4) is 0 Å². The average molecular weight is 360 g/mol. The number of halogens is 2. The lowest BCUT2D eigenvalue weighted by atomic mass is 10.2. The summed E-state index contributed by atoms with van der Waals surface area (Å²) in [5, 5.41) is 0.0944. The van der Waals surface area contributed by atoms with Crippen LogP contribution in [0, 0.1) is 0 Å². The van der Waals surface area contributed by atoms with E-state index in [9.17, 15) is 9.59 Å². The SMILES string of the molecule is CC(C)OC(=O)C(Br)(CBr)C(=O)OC(C)C. The molecule has 0 saturated heterocycles. The van der Waals surface area contributed by atoms with Crippen molar-refractivity contribution in [3.63, 3.8) is 0 Å². The van der Waals surface area contributed by atoms with Gasteiger partial charge in [0.25, 0.3) is 0 Å². The number of rotatable bonds is 5. The predicted molar refractivity (Wildman–Crippen MR) is 67.9 cm³/mol. The van der Waals surface area contributed by atoms with Crippen molar-refractivity contribution < 1.29 is 19.1 Å². The zero-order valence-corrected chi connectivity index (χ0v) is 12.9. The summed E-state index contributed by atoms with van der Waals surface area (Å²) in [6, 6.07) is 0. The fourth-order valence-corrected chi connectivity index (χ4v) is 1.45. The molecule has 94 valence electrons. The second-order valence-corrected chi connectivity index (χ2v) is 5.76. The summed E-state index contributed by atoms with van der Waals surface area (Å²) in [5.41, 5.74) is 0. The summed E-state index contributed by atoms with van der Waals surface area (Å²) in [4.78, 5) is 23.5. The van der Waals surface area contributed by atoms with Gasteiger partial charge >= 0.3 is 11.9 Å². The highest BCUT2D eigenvalue weighted by Gasteiger charge is 2.46. The normalized spacial score (nSPS) is 11.8. The van der Waals surface area contributed by atoms with E-state index in [1.807, 2.05) is 0 Å². The summed E-state index contributed by atoms with van der Waals surface area (Å²) in [6.45, 7) is 6.86. The van der Waals surface area contributed by atoms with E-state index in [1.165, 1.54) is 0 Å². The Labute approximate surface area is 112 Å². The van der Waals surface area contributed by atoms with Gasteiger partial charge in [-0.05, 0) is 27.7 Å². The second kappa shape index (κ2) is 6.59. The summed E-state index contributed by atoms with van der Waals surface area (Å²) >= 11 is 6.18. The highest BCUT2D eigenvalue weighted by Crippen LogP contribution is 2.26. The molecule has 4 nitrogen and oxygen atoms in total. The van der Waals surface area contributed by atoms with E-state index in [2.05, 4.69) is 31.9 Å². The molecular formula is C10H16Br2O4. The first kappa shape index (κ1) is 15.9. The Bertz CT molecular complexity index is 242. The van der Waals surface area contributed by atoms with E-state index in [0.717, 1.165) is 0 Å². The molecule has 0 aliphatic rings. The number of ether oxygens (including phenoxy) is 2. The van der Waals surface area contributed by atoms with Gasteiger partial charge in [-0.1, -0.05) is 31.9 Å². The number of hydrogen-bond acceptors (Lipinski definition) is 4. The molecule has 0 saturated carbocycles. The minimum absolute atomic E-state index is 0.0944. The predicted octanol–water partition coefficient (Wildman–Crippen LogP) is 2.42. The fourth-order valence-electron chi connectivity index (χ4n) is 0.807. The molecule has 0 aliphatic heterocycles. The molecule has 0 heterocycles. The molecule has 0 N–H and O–H groups in total. The molecule has 0 amide bonds. The van der Waals surface area contributed by atoms with Crippen LogP contribution in [0.25, 0.3) is 0 Å². The molecule has 0 aromatic rings. The molecule has 0 rings (SSSR count). The molecule has 6 heteroatoms. The van der Waals surface area contributed by atoms with Gasteiger partial charge in [-0.2, -0.15) is 0 Å². The van der Waals surface area contributed by atoms with Crippen LogP contribution in [0.5, 0.6) is 0 Å². The van der Waals surface area contributed by atoms with Crippen LogP contribution < -0.4 is 0 Å². The minimum Gasteiger partial charge on any atom is -0.461 e.